The number of hydrogen-bond acceptors (Lipinski definition) is 2. The molecule has 1 saturated heterocycles. The molecule has 0 aliphatic carbocycles. The topological polar surface area (TPSA) is 32.3 Å². The second-order valence-electron chi connectivity index (χ2n) is 5.92. The van der Waals surface area contributed by atoms with Crippen molar-refractivity contribution in [3.05, 3.63) is 59.7 Å². The molecular weight excluding hydrogens is 272 g/mol. The lowest BCUT2D eigenvalue weighted by Gasteiger charge is -2.28. The molecule has 0 spiro atoms. The van der Waals surface area contributed by atoms with Crippen LogP contribution in [0.25, 0.3) is 0 Å². The van der Waals surface area contributed by atoms with Crippen LogP contribution in [-0.2, 0) is 0 Å². The van der Waals surface area contributed by atoms with Crippen LogP contribution >= 0.6 is 0 Å². The zero-order chi connectivity index (χ0) is 15.4. The number of benzene rings is 2. The van der Waals surface area contributed by atoms with Crippen LogP contribution in [0.1, 0.15) is 35.2 Å². The van der Waals surface area contributed by atoms with Gasteiger partial charge in [0.2, 0.25) is 0 Å². The lowest BCUT2D eigenvalue weighted by Crippen LogP contribution is -2.29. The van der Waals surface area contributed by atoms with E-state index in [-0.39, 0.29) is 5.91 Å². The van der Waals surface area contributed by atoms with Crippen molar-refractivity contribution in [1.29, 1.82) is 0 Å². The van der Waals surface area contributed by atoms with Crippen LogP contribution in [0, 0.1) is 6.92 Å². The van der Waals surface area contributed by atoms with Crippen molar-refractivity contribution in [2.75, 3.05) is 23.3 Å². The van der Waals surface area contributed by atoms with Crippen molar-refractivity contribution < 1.29 is 4.79 Å². The average Bonchev–Trinajstić information content (AvgIpc) is 2.56. The fourth-order valence-corrected chi connectivity index (χ4v) is 2.90. The summed E-state index contributed by atoms with van der Waals surface area (Å²) in [5.41, 5.74) is 3.89. The molecule has 0 saturated carbocycles. The Kier molecular flexibility index (Phi) is 4.42. The van der Waals surface area contributed by atoms with E-state index in [1.54, 1.807) is 0 Å². The van der Waals surface area contributed by atoms with E-state index in [0.29, 0.717) is 5.56 Å². The number of rotatable bonds is 3. The quantitative estimate of drug-likeness (QED) is 0.918. The standard InChI is InChI=1S/C19H22N2O/c1-15-6-5-7-17(14-15)20-19(22)16-8-10-18(11-9-16)21-12-3-2-4-13-21/h5-11,14H,2-4,12-13H2,1H3,(H,20,22). The van der Waals surface area contributed by atoms with Gasteiger partial charge in [-0.1, -0.05) is 12.1 Å². The molecule has 1 aliphatic heterocycles. The first-order valence-electron chi connectivity index (χ1n) is 7.95. The predicted molar refractivity (Wildman–Crippen MR) is 91.6 cm³/mol. The van der Waals surface area contributed by atoms with Crippen LogP contribution in [-0.4, -0.2) is 19.0 Å². The number of anilines is 2. The highest BCUT2D eigenvalue weighted by Gasteiger charge is 2.12. The molecule has 3 nitrogen and oxygen atoms in total. The number of carbonyl (C=O) groups is 1. The van der Waals surface area contributed by atoms with E-state index >= 15 is 0 Å². The minimum Gasteiger partial charge on any atom is -0.372 e. The molecule has 1 amide bonds. The number of amides is 1. The Morgan fingerprint density at radius 2 is 1.73 bits per heavy atom. The van der Waals surface area contributed by atoms with E-state index in [4.69, 9.17) is 0 Å². The Bertz CT molecular complexity index is 643. The maximum atomic E-state index is 12.3. The largest absolute Gasteiger partial charge is 0.372 e. The third kappa shape index (κ3) is 3.48. The van der Waals surface area contributed by atoms with Gasteiger partial charge in [-0.3, -0.25) is 4.79 Å². The first-order valence-corrected chi connectivity index (χ1v) is 7.95. The van der Waals surface area contributed by atoms with Crippen molar-refractivity contribution in [2.24, 2.45) is 0 Å². The molecule has 1 heterocycles. The summed E-state index contributed by atoms with van der Waals surface area (Å²) in [7, 11) is 0. The third-order valence-corrected chi connectivity index (χ3v) is 4.13. The van der Waals surface area contributed by atoms with Crippen LogP contribution in [0.3, 0.4) is 0 Å². The first kappa shape index (κ1) is 14.6. The Hall–Kier alpha value is -2.29. The highest BCUT2D eigenvalue weighted by Crippen LogP contribution is 2.20. The van der Waals surface area contributed by atoms with E-state index in [1.807, 2.05) is 43.3 Å². The maximum Gasteiger partial charge on any atom is 0.255 e. The summed E-state index contributed by atoms with van der Waals surface area (Å²) < 4.78 is 0. The zero-order valence-corrected chi connectivity index (χ0v) is 13.0. The molecule has 0 unspecified atom stereocenters. The number of carbonyl (C=O) groups excluding carboxylic acids is 1. The number of hydrogen-bond donors (Lipinski definition) is 1. The highest BCUT2D eigenvalue weighted by atomic mass is 16.1. The molecule has 3 heteroatoms. The van der Waals surface area contributed by atoms with Gasteiger partial charge in [-0.05, 0) is 68.1 Å². The minimum absolute atomic E-state index is 0.0594. The van der Waals surface area contributed by atoms with Crippen LogP contribution < -0.4 is 10.2 Å². The Balaban J connectivity index is 1.68. The summed E-state index contributed by atoms with van der Waals surface area (Å²) in [6, 6.07) is 15.8. The smallest absolute Gasteiger partial charge is 0.255 e. The van der Waals surface area contributed by atoms with Crippen LogP contribution in [0.2, 0.25) is 0 Å². The van der Waals surface area contributed by atoms with Crippen molar-refractivity contribution in [3.8, 4) is 0 Å². The molecule has 2 aromatic rings. The van der Waals surface area contributed by atoms with E-state index in [1.165, 1.54) is 24.9 Å². The van der Waals surface area contributed by atoms with E-state index in [2.05, 4.69) is 22.3 Å². The van der Waals surface area contributed by atoms with Crippen molar-refractivity contribution in [1.82, 2.24) is 0 Å². The molecule has 1 aliphatic rings. The van der Waals surface area contributed by atoms with E-state index in [9.17, 15) is 4.79 Å². The van der Waals surface area contributed by atoms with E-state index in [0.717, 1.165) is 24.3 Å². The van der Waals surface area contributed by atoms with Gasteiger partial charge >= 0.3 is 0 Å². The number of nitrogens with one attached hydrogen (secondary N) is 1. The molecule has 0 bridgehead atoms. The summed E-state index contributed by atoms with van der Waals surface area (Å²) in [5, 5.41) is 2.95. The molecule has 0 radical (unpaired) electrons. The summed E-state index contributed by atoms with van der Waals surface area (Å²) in [4.78, 5) is 14.7. The molecule has 0 aromatic heterocycles. The van der Waals surface area contributed by atoms with Gasteiger partial charge in [0.25, 0.3) is 5.91 Å². The molecular formula is C19H22N2O. The van der Waals surface area contributed by atoms with Crippen LogP contribution in [0.5, 0.6) is 0 Å². The normalized spacial score (nSPS) is 14.7. The fourth-order valence-electron chi connectivity index (χ4n) is 2.90. The summed E-state index contributed by atoms with van der Waals surface area (Å²) in [5.74, 6) is -0.0594. The first-order chi connectivity index (χ1) is 10.7. The molecule has 114 valence electrons. The van der Waals surface area contributed by atoms with Gasteiger partial charge in [0.15, 0.2) is 0 Å². The van der Waals surface area contributed by atoms with Gasteiger partial charge in [-0.2, -0.15) is 0 Å². The van der Waals surface area contributed by atoms with Gasteiger partial charge in [0.05, 0.1) is 0 Å². The Labute approximate surface area is 132 Å². The summed E-state index contributed by atoms with van der Waals surface area (Å²) in [6.07, 6.45) is 3.85. The molecule has 3 rings (SSSR count). The second-order valence-corrected chi connectivity index (χ2v) is 5.92. The lowest BCUT2D eigenvalue weighted by atomic mass is 10.1. The number of aryl methyl sites for hydroxylation is 1. The molecule has 22 heavy (non-hydrogen) atoms. The highest BCUT2D eigenvalue weighted by molar-refractivity contribution is 6.04. The predicted octanol–water partition coefficient (Wildman–Crippen LogP) is 4.24. The van der Waals surface area contributed by atoms with Crippen LogP contribution in [0.4, 0.5) is 11.4 Å². The van der Waals surface area contributed by atoms with Gasteiger partial charge < -0.3 is 10.2 Å². The second kappa shape index (κ2) is 6.65. The average molecular weight is 294 g/mol. The molecule has 0 atom stereocenters. The fraction of sp³-hybridized carbons (Fsp3) is 0.316. The summed E-state index contributed by atoms with van der Waals surface area (Å²) >= 11 is 0. The minimum atomic E-state index is -0.0594. The van der Waals surface area contributed by atoms with Crippen molar-refractivity contribution in [2.45, 2.75) is 26.2 Å². The molecule has 2 aromatic carbocycles. The number of piperidine rings is 1. The number of nitrogens with zero attached hydrogens (tertiary/aromatic N) is 1. The maximum absolute atomic E-state index is 12.3. The van der Waals surface area contributed by atoms with Gasteiger partial charge in [-0.15, -0.1) is 0 Å². The summed E-state index contributed by atoms with van der Waals surface area (Å²) in [6.45, 7) is 4.26. The lowest BCUT2D eigenvalue weighted by molar-refractivity contribution is 0.102. The van der Waals surface area contributed by atoms with Crippen LogP contribution in [0.15, 0.2) is 48.5 Å². The Morgan fingerprint density at radius 1 is 1.00 bits per heavy atom. The zero-order valence-electron chi connectivity index (χ0n) is 13.0. The Morgan fingerprint density at radius 3 is 2.41 bits per heavy atom. The SMILES string of the molecule is Cc1cccc(NC(=O)c2ccc(N3CCCCC3)cc2)c1. The molecule has 1 N–H and O–H groups in total. The third-order valence-electron chi connectivity index (χ3n) is 4.13. The van der Waals surface area contributed by atoms with Gasteiger partial charge in [0, 0.05) is 30.0 Å². The van der Waals surface area contributed by atoms with Gasteiger partial charge in [-0.25, -0.2) is 0 Å². The van der Waals surface area contributed by atoms with Crippen molar-refractivity contribution >= 4 is 17.3 Å². The monoisotopic (exact) mass is 294 g/mol. The van der Waals surface area contributed by atoms with Gasteiger partial charge in [0.1, 0.15) is 0 Å². The van der Waals surface area contributed by atoms with Crippen molar-refractivity contribution in [3.63, 3.8) is 0 Å². The van der Waals surface area contributed by atoms with E-state index < -0.39 is 0 Å². The molecule has 1 fully saturated rings.